The Morgan fingerprint density at radius 2 is 1.93 bits per heavy atom. The molecule has 1 aromatic carbocycles. The van der Waals surface area contributed by atoms with Gasteiger partial charge in [0, 0.05) is 13.0 Å². The summed E-state index contributed by atoms with van der Waals surface area (Å²) in [6, 6.07) is 7.03. The van der Waals surface area contributed by atoms with Crippen molar-refractivity contribution in [3.8, 4) is 0 Å². The van der Waals surface area contributed by atoms with E-state index in [1.54, 1.807) is 12.1 Å². The number of benzene rings is 1. The molecule has 1 aliphatic rings. The fourth-order valence-electron chi connectivity index (χ4n) is 3.55. The minimum absolute atomic E-state index is 0.148. The predicted molar refractivity (Wildman–Crippen MR) is 109 cm³/mol. The molecule has 0 spiro atoms. The zero-order valence-electron chi connectivity index (χ0n) is 16.9. The molecule has 1 fully saturated rings. The topological polar surface area (TPSA) is 57.6 Å². The van der Waals surface area contributed by atoms with Gasteiger partial charge in [-0.05, 0) is 49.3 Å². The van der Waals surface area contributed by atoms with Gasteiger partial charge >= 0.3 is 5.97 Å². The van der Waals surface area contributed by atoms with E-state index in [0.717, 1.165) is 24.8 Å². The average Bonchev–Trinajstić information content (AvgIpc) is 2.92. The quantitative estimate of drug-likeness (QED) is 0.699. The van der Waals surface area contributed by atoms with Crippen molar-refractivity contribution in [1.29, 1.82) is 0 Å². The molecule has 146 valence electrons. The Labute approximate surface area is 162 Å². The van der Waals surface area contributed by atoms with Crippen LogP contribution in [0.4, 0.5) is 0 Å². The number of nitrogens with zero attached hydrogens (tertiary/aromatic N) is 1. The summed E-state index contributed by atoms with van der Waals surface area (Å²) in [6.45, 7) is 9.50. The maximum absolute atomic E-state index is 12.2. The number of hydrogen-bond donors (Lipinski definition) is 1. The summed E-state index contributed by atoms with van der Waals surface area (Å²) in [5.41, 5.74) is 2.95. The molecule has 4 nitrogen and oxygen atoms in total. The largest absolute Gasteiger partial charge is 0.478 e. The molecule has 0 aliphatic carbocycles. The second kappa shape index (κ2) is 9.03. The molecular formula is C23H31NO3. The third-order valence-corrected chi connectivity index (χ3v) is 4.74. The van der Waals surface area contributed by atoms with Gasteiger partial charge in [0.1, 0.15) is 0 Å². The number of aromatic carboxylic acids is 1. The number of carbonyl (C=O) groups excluding carboxylic acids is 1. The maximum atomic E-state index is 12.2. The molecule has 1 heterocycles. The molecule has 0 unspecified atom stereocenters. The Morgan fingerprint density at radius 3 is 2.52 bits per heavy atom. The van der Waals surface area contributed by atoms with Crippen molar-refractivity contribution in [2.75, 3.05) is 6.54 Å². The average molecular weight is 370 g/mol. The smallest absolute Gasteiger partial charge is 0.335 e. The maximum Gasteiger partial charge on any atom is 0.335 e. The molecule has 1 aliphatic heterocycles. The van der Waals surface area contributed by atoms with Gasteiger partial charge in [0.25, 0.3) is 0 Å². The Bertz CT molecular complexity index is 723. The van der Waals surface area contributed by atoms with E-state index in [1.807, 2.05) is 17.0 Å². The molecule has 0 aromatic heterocycles. The SMILES string of the molecule is CC(=CC=C[C@H]1CCC(=O)N1CCc1ccc(C(=O)O)cc1)CC(C)(C)C. The predicted octanol–water partition coefficient (Wildman–Crippen LogP) is 4.86. The molecule has 1 saturated heterocycles. The third-order valence-electron chi connectivity index (χ3n) is 4.74. The van der Waals surface area contributed by atoms with Gasteiger partial charge in [0.15, 0.2) is 0 Å². The summed E-state index contributed by atoms with van der Waals surface area (Å²) in [4.78, 5) is 25.1. The summed E-state index contributed by atoms with van der Waals surface area (Å²) < 4.78 is 0. The zero-order valence-corrected chi connectivity index (χ0v) is 16.9. The standard InChI is InChI=1S/C23H31NO3/c1-17(16-23(2,3)4)6-5-7-20-12-13-21(25)24(20)15-14-18-8-10-19(11-9-18)22(26)27/h5-11,20H,12-16H2,1-4H3,(H,26,27)/t20-/m0/s1. The van der Waals surface area contributed by atoms with Crippen LogP contribution < -0.4 is 0 Å². The third kappa shape index (κ3) is 6.70. The minimum atomic E-state index is -0.920. The van der Waals surface area contributed by atoms with Crippen molar-refractivity contribution in [3.63, 3.8) is 0 Å². The number of carboxylic acids is 1. The van der Waals surface area contributed by atoms with E-state index >= 15 is 0 Å². The molecule has 1 amide bonds. The number of amides is 1. The van der Waals surface area contributed by atoms with Crippen molar-refractivity contribution in [2.45, 2.75) is 59.4 Å². The Balaban J connectivity index is 1.94. The lowest BCUT2D eigenvalue weighted by molar-refractivity contribution is -0.128. The van der Waals surface area contributed by atoms with Crippen LogP contribution in [0.3, 0.4) is 0 Å². The molecule has 27 heavy (non-hydrogen) atoms. The Kier molecular flexibility index (Phi) is 7.00. The van der Waals surface area contributed by atoms with Crippen molar-refractivity contribution < 1.29 is 14.7 Å². The summed E-state index contributed by atoms with van der Waals surface area (Å²) in [5.74, 6) is -0.724. The summed E-state index contributed by atoms with van der Waals surface area (Å²) in [5, 5.41) is 8.97. The van der Waals surface area contributed by atoms with Crippen LogP contribution in [0.5, 0.6) is 0 Å². The van der Waals surface area contributed by atoms with E-state index in [1.165, 1.54) is 5.57 Å². The molecule has 0 saturated carbocycles. The number of carbonyl (C=O) groups is 2. The Morgan fingerprint density at radius 1 is 1.26 bits per heavy atom. The van der Waals surface area contributed by atoms with E-state index in [-0.39, 0.29) is 22.9 Å². The first-order chi connectivity index (χ1) is 12.7. The van der Waals surface area contributed by atoms with Crippen LogP contribution in [0.25, 0.3) is 0 Å². The first-order valence-electron chi connectivity index (χ1n) is 9.61. The van der Waals surface area contributed by atoms with E-state index in [0.29, 0.717) is 13.0 Å². The van der Waals surface area contributed by atoms with Crippen LogP contribution in [0, 0.1) is 5.41 Å². The molecule has 1 aromatic rings. The molecule has 2 rings (SSSR count). The molecule has 1 atom stereocenters. The fraction of sp³-hybridized carbons (Fsp3) is 0.478. The lowest BCUT2D eigenvalue weighted by Crippen LogP contribution is -2.33. The second-order valence-corrected chi connectivity index (χ2v) is 8.58. The first kappa shape index (κ1) is 20.9. The van der Waals surface area contributed by atoms with Gasteiger partial charge in [-0.2, -0.15) is 0 Å². The first-order valence-corrected chi connectivity index (χ1v) is 9.61. The number of rotatable bonds is 7. The van der Waals surface area contributed by atoms with Gasteiger partial charge < -0.3 is 10.0 Å². The van der Waals surface area contributed by atoms with Crippen LogP contribution in [-0.2, 0) is 11.2 Å². The second-order valence-electron chi connectivity index (χ2n) is 8.58. The monoisotopic (exact) mass is 369 g/mol. The van der Waals surface area contributed by atoms with Crippen LogP contribution in [-0.4, -0.2) is 34.5 Å². The van der Waals surface area contributed by atoms with Crippen LogP contribution in [0.2, 0.25) is 0 Å². The molecule has 4 heteroatoms. The van der Waals surface area contributed by atoms with E-state index < -0.39 is 5.97 Å². The summed E-state index contributed by atoms with van der Waals surface area (Å²) >= 11 is 0. The number of allylic oxidation sites excluding steroid dienone is 3. The normalized spacial score (nSPS) is 18.5. The van der Waals surface area contributed by atoms with E-state index in [9.17, 15) is 9.59 Å². The highest BCUT2D eigenvalue weighted by molar-refractivity contribution is 5.87. The van der Waals surface area contributed by atoms with Gasteiger partial charge in [0.05, 0.1) is 11.6 Å². The van der Waals surface area contributed by atoms with Crippen molar-refractivity contribution in [1.82, 2.24) is 4.90 Å². The van der Waals surface area contributed by atoms with Gasteiger partial charge in [0.2, 0.25) is 5.91 Å². The lowest BCUT2D eigenvalue weighted by Gasteiger charge is -2.22. The van der Waals surface area contributed by atoms with Crippen LogP contribution >= 0.6 is 0 Å². The summed E-state index contributed by atoms with van der Waals surface area (Å²) in [6.07, 6.45) is 9.60. The van der Waals surface area contributed by atoms with Gasteiger partial charge in [-0.25, -0.2) is 4.79 Å². The van der Waals surface area contributed by atoms with Crippen molar-refractivity contribution in [3.05, 3.63) is 59.2 Å². The number of hydrogen-bond acceptors (Lipinski definition) is 2. The Hall–Kier alpha value is -2.36. The number of carboxylic acid groups (broad SMARTS) is 1. The van der Waals surface area contributed by atoms with Gasteiger partial charge in [-0.3, -0.25) is 4.79 Å². The highest BCUT2D eigenvalue weighted by Crippen LogP contribution is 2.24. The van der Waals surface area contributed by atoms with Crippen LogP contribution in [0.1, 0.15) is 62.9 Å². The number of likely N-dealkylation sites (tertiary alicyclic amines) is 1. The van der Waals surface area contributed by atoms with Crippen molar-refractivity contribution in [2.24, 2.45) is 5.41 Å². The highest BCUT2D eigenvalue weighted by atomic mass is 16.4. The van der Waals surface area contributed by atoms with Crippen molar-refractivity contribution >= 4 is 11.9 Å². The highest BCUT2D eigenvalue weighted by Gasteiger charge is 2.28. The minimum Gasteiger partial charge on any atom is -0.478 e. The van der Waals surface area contributed by atoms with Gasteiger partial charge in [-0.1, -0.05) is 56.7 Å². The molecule has 0 radical (unpaired) electrons. The summed E-state index contributed by atoms with van der Waals surface area (Å²) in [7, 11) is 0. The molecule has 1 N–H and O–H groups in total. The van der Waals surface area contributed by atoms with E-state index in [2.05, 4.69) is 45.9 Å². The lowest BCUT2D eigenvalue weighted by atomic mass is 9.88. The van der Waals surface area contributed by atoms with Gasteiger partial charge in [-0.15, -0.1) is 0 Å². The van der Waals surface area contributed by atoms with E-state index in [4.69, 9.17) is 5.11 Å². The zero-order chi connectivity index (χ0) is 20.0. The van der Waals surface area contributed by atoms with Crippen LogP contribution in [0.15, 0.2) is 48.1 Å². The fourth-order valence-corrected chi connectivity index (χ4v) is 3.55. The molecular weight excluding hydrogens is 338 g/mol. The molecule has 0 bridgehead atoms.